The third kappa shape index (κ3) is 4.28. The lowest BCUT2D eigenvalue weighted by atomic mass is 10.2. The Morgan fingerprint density at radius 3 is 2.67 bits per heavy atom. The van der Waals surface area contributed by atoms with Crippen LogP contribution in [0.2, 0.25) is 0 Å². The Morgan fingerprint density at radius 1 is 1.00 bits per heavy atom. The molecule has 0 bridgehead atoms. The lowest BCUT2D eigenvalue weighted by Crippen LogP contribution is -2.16. The Kier molecular flexibility index (Phi) is 5.31. The summed E-state index contributed by atoms with van der Waals surface area (Å²) < 4.78 is 17.8. The quantitative estimate of drug-likeness (QED) is 0.483. The lowest BCUT2D eigenvalue weighted by Gasteiger charge is -2.14. The van der Waals surface area contributed by atoms with Gasteiger partial charge in [0.2, 0.25) is 0 Å². The van der Waals surface area contributed by atoms with Gasteiger partial charge in [0, 0.05) is 24.4 Å². The molecular formula is C24H23N3O3. The van der Waals surface area contributed by atoms with Crippen molar-refractivity contribution in [1.82, 2.24) is 15.0 Å². The molecule has 0 aliphatic carbocycles. The lowest BCUT2D eigenvalue weighted by molar-refractivity contribution is 0.0678. The monoisotopic (exact) mass is 401 g/mol. The molecule has 1 unspecified atom stereocenters. The summed E-state index contributed by atoms with van der Waals surface area (Å²) in [6, 6.07) is 19.8. The number of nitrogens with one attached hydrogen (secondary N) is 1. The van der Waals surface area contributed by atoms with Crippen LogP contribution in [-0.2, 0) is 11.3 Å². The summed E-state index contributed by atoms with van der Waals surface area (Å²) in [7, 11) is 0. The highest BCUT2D eigenvalue weighted by Gasteiger charge is 2.17. The van der Waals surface area contributed by atoms with Crippen molar-refractivity contribution in [2.75, 3.05) is 13.2 Å². The van der Waals surface area contributed by atoms with Crippen LogP contribution in [-0.4, -0.2) is 34.3 Å². The van der Waals surface area contributed by atoms with E-state index < -0.39 is 0 Å². The number of H-pyrrole nitrogens is 1. The number of imidazole rings is 1. The molecule has 3 heterocycles. The molecule has 1 aliphatic heterocycles. The Labute approximate surface area is 174 Å². The maximum absolute atomic E-state index is 6.07. The van der Waals surface area contributed by atoms with Gasteiger partial charge in [-0.15, -0.1) is 0 Å². The van der Waals surface area contributed by atoms with E-state index >= 15 is 0 Å². The number of aromatic amines is 1. The molecule has 2 aromatic carbocycles. The second-order valence-electron chi connectivity index (χ2n) is 7.37. The molecule has 0 radical (unpaired) electrons. The van der Waals surface area contributed by atoms with Crippen molar-refractivity contribution in [3.8, 4) is 22.9 Å². The molecule has 6 heteroatoms. The molecule has 6 nitrogen and oxygen atoms in total. The third-order valence-electron chi connectivity index (χ3n) is 5.12. The summed E-state index contributed by atoms with van der Waals surface area (Å²) in [5, 5.41) is 0. The smallest absolute Gasteiger partial charge is 0.157 e. The molecule has 4 aromatic rings. The number of pyridine rings is 1. The predicted molar refractivity (Wildman–Crippen MR) is 115 cm³/mol. The van der Waals surface area contributed by atoms with Gasteiger partial charge >= 0.3 is 0 Å². The topological polar surface area (TPSA) is 69.3 Å². The van der Waals surface area contributed by atoms with Crippen molar-refractivity contribution in [1.29, 1.82) is 0 Å². The fraction of sp³-hybridized carbons (Fsp3) is 0.250. The summed E-state index contributed by atoms with van der Waals surface area (Å²) in [6.45, 7) is 1.83. The number of aromatic nitrogens is 3. The summed E-state index contributed by atoms with van der Waals surface area (Å²) in [5.74, 6) is 2.20. The Bertz CT molecular complexity index is 1090. The average Bonchev–Trinajstić information content (AvgIpc) is 3.47. The molecule has 0 spiro atoms. The first-order valence-corrected chi connectivity index (χ1v) is 10.2. The zero-order chi connectivity index (χ0) is 20.2. The first-order valence-electron chi connectivity index (χ1n) is 10.2. The van der Waals surface area contributed by atoms with Crippen LogP contribution in [0.15, 0.2) is 66.9 Å². The van der Waals surface area contributed by atoms with E-state index in [2.05, 4.69) is 15.0 Å². The minimum Gasteiger partial charge on any atom is -0.491 e. The van der Waals surface area contributed by atoms with Crippen molar-refractivity contribution in [3.63, 3.8) is 0 Å². The van der Waals surface area contributed by atoms with E-state index in [1.165, 1.54) is 0 Å². The van der Waals surface area contributed by atoms with E-state index in [4.69, 9.17) is 14.2 Å². The maximum atomic E-state index is 6.07. The Balaban J connectivity index is 1.42. The van der Waals surface area contributed by atoms with Gasteiger partial charge in [-0.1, -0.05) is 30.3 Å². The highest BCUT2D eigenvalue weighted by Crippen LogP contribution is 2.30. The van der Waals surface area contributed by atoms with Crippen LogP contribution in [0.5, 0.6) is 11.5 Å². The number of fused-ring (bicyclic) bond motifs is 1. The van der Waals surface area contributed by atoms with Crippen molar-refractivity contribution in [3.05, 3.63) is 72.4 Å². The van der Waals surface area contributed by atoms with Crippen LogP contribution < -0.4 is 9.47 Å². The normalized spacial score (nSPS) is 16.1. The standard InChI is InChI=1S/C24H23N3O3/c1-2-6-17(7-3-1)15-29-20-12-18(23-26-22-9-4-10-25-24(22)27-23)13-21(14-20)30-16-19-8-5-11-28-19/h1-4,6-7,9-10,12-14,19H,5,8,11,15-16H2,(H,25,26,27). The third-order valence-corrected chi connectivity index (χ3v) is 5.12. The molecule has 1 N–H and O–H groups in total. The molecule has 30 heavy (non-hydrogen) atoms. The first kappa shape index (κ1) is 18.6. The minimum atomic E-state index is 0.151. The van der Waals surface area contributed by atoms with Crippen molar-refractivity contribution < 1.29 is 14.2 Å². The number of ether oxygens (including phenoxy) is 3. The first-order chi connectivity index (χ1) is 14.8. The Hall–Kier alpha value is -3.38. The van der Waals surface area contributed by atoms with Gasteiger partial charge in [-0.3, -0.25) is 0 Å². The number of hydrogen-bond acceptors (Lipinski definition) is 5. The molecule has 2 aromatic heterocycles. The van der Waals surface area contributed by atoms with E-state index in [1.54, 1.807) is 6.20 Å². The molecule has 152 valence electrons. The van der Waals surface area contributed by atoms with E-state index in [-0.39, 0.29) is 6.10 Å². The van der Waals surface area contributed by atoms with Crippen molar-refractivity contribution in [2.24, 2.45) is 0 Å². The number of rotatable bonds is 7. The molecule has 0 saturated carbocycles. The van der Waals surface area contributed by atoms with Crippen LogP contribution >= 0.6 is 0 Å². The van der Waals surface area contributed by atoms with Gasteiger partial charge in [0.1, 0.15) is 36.1 Å². The second kappa shape index (κ2) is 8.55. The van der Waals surface area contributed by atoms with Gasteiger partial charge in [-0.25, -0.2) is 9.97 Å². The molecule has 1 saturated heterocycles. The average molecular weight is 401 g/mol. The van der Waals surface area contributed by atoms with Gasteiger partial charge in [-0.05, 0) is 42.7 Å². The summed E-state index contributed by atoms with van der Waals surface area (Å²) in [4.78, 5) is 12.3. The van der Waals surface area contributed by atoms with Gasteiger partial charge < -0.3 is 19.2 Å². The molecule has 1 aliphatic rings. The second-order valence-corrected chi connectivity index (χ2v) is 7.37. The van der Waals surface area contributed by atoms with Crippen LogP contribution in [0.3, 0.4) is 0 Å². The zero-order valence-corrected chi connectivity index (χ0v) is 16.6. The van der Waals surface area contributed by atoms with Gasteiger partial charge in [0.25, 0.3) is 0 Å². The molecule has 5 rings (SSSR count). The number of nitrogens with zero attached hydrogens (tertiary/aromatic N) is 2. The molecular weight excluding hydrogens is 378 g/mol. The van der Waals surface area contributed by atoms with Crippen LogP contribution in [0.25, 0.3) is 22.6 Å². The summed E-state index contributed by atoms with van der Waals surface area (Å²) in [5.41, 5.74) is 3.58. The highest BCUT2D eigenvalue weighted by atomic mass is 16.5. The summed E-state index contributed by atoms with van der Waals surface area (Å²) >= 11 is 0. The van der Waals surface area contributed by atoms with Gasteiger partial charge in [0.05, 0.1) is 6.10 Å². The highest BCUT2D eigenvalue weighted by molar-refractivity contribution is 5.76. The van der Waals surface area contributed by atoms with E-state index in [0.29, 0.717) is 13.2 Å². The van der Waals surface area contributed by atoms with Crippen molar-refractivity contribution in [2.45, 2.75) is 25.6 Å². The minimum absolute atomic E-state index is 0.151. The maximum Gasteiger partial charge on any atom is 0.157 e. The van der Waals surface area contributed by atoms with Crippen LogP contribution in [0, 0.1) is 0 Å². The van der Waals surface area contributed by atoms with Gasteiger partial charge in [0.15, 0.2) is 5.65 Å². The molecule has 0 amide bonds. The summed E-state index contributed by atoms with van der Waals surface area (Å²) in [6.07, 6.45) is 4.02. The predicted octanol–water partition coefficient (Wildman–Crippen LogP) is 4.76. The molecule has 1 fully saturated rings. The number of benzene rings is 2. The van der Waals surface area contributed by atoms with Crippen LogP contribution in [0.1, 0.15) is 18.4 Å². The fourth-order valence-corrected chi connectivity index (χ4v) is 3.56. The SMILES string of the molecule is c1ccc(COc2cc(OCC3CCCO3)cc(-c3nc4cccnc4[nH]3)c2)cc1. The molecule has 1 atom stereocenters. The van der Waals surface area contributed by atoms with E-state index in [1.807, 2.05) is 60.7 Å². The zero-order valence-electron chi connectivity index (χ0n) is 16.6. The largest absolute Gasteiger partial charge is 0.491 e. The van der Waals surface area contributed by atoms with Gasteiger partial charge in [-0.2, -0.15) is 0 Å². The Morgan fingerprint density at radius 2 is 1.87 bits per heavy atom. The van der Waals surface area contributed by atoms with Crippen LogP contribution in [0.4, 0.5) is 0 Å². The van der Waals surface area contributed by atoms with E-state index in [9.17, 15) is 0 Å². The van der Waals surface area contributed by atoms with E-state index in [0.717, 1.165) is 59.1 Å². The fourth-order valence-electron chi connectivity index (χ4n) is 3.56. The van der Waals surface area contributed by atoms with Crippen molar-refractivity contribution >= 4 is 11.2 Å². The number of hydrogen-bond donors (Lipinski definition) is 1.